The zero-order valence-electron chi connectivity index (χ0n) is 15.1. The molecule has 3 heterocycles. The number of amides is 1. The molecule has 2 aromatic rings. The largest absolute Gasteiger partial charge is 0.486 e. The lowest BCUT2D eigenvalue weighted by molar-refractivity contribution is 0.0760. The van der Waals surface area contributed by atoms with Crippen LogP contribution < -0.4 is 19.9 Å². The number of hydrogen-bond donors (Lipinski definition) is 1. The minimum absolute atomic E-state index is 0.0723. The third-order valence-corrected chi connectivity index (χ3v) is 4.59. The van der Waals surface area contributed by atoms with Gasteiger partial charge in [-0.1, -0.05) is 12.1 Å². The van der Waals surface area contributed by atoms with E-state index in [1.54, 1.807) is 17.3 Å². The standard InChI is InChI=1S/C20H23N3O4/c24-20(15-7-8-19(22-13-15)23-11-3-4-12-26-23)21-10-9-16-14-25-17-5-1-2-6-18(17)27-16/h1-2,5-8,13,16H,3-4,9-12,14H2,(H,21,24). The Hall–Kier alpha value is -2.80. The third-order valence-electron chi connectivity index (χ3n) is 4.59. The first-order chi connectivity index (χ1) is 13.3. The molecule has 1 aromatic carbocycles. The molecule has 1 N–H and O–H groups in total. The maximum atomic E-state index is 12.3. The number of rotatable bonds is 5. The van der Waals surface area contributed by atoms with Gasteiger partial charge < -0.3 is 14.8 Å². The Bertz CT molecular complexity index is 775. The summed E-state index contributed by atoms with van der Waals surface area (Å²) in [6.45, 7) is 2.53. The lowest BCUT2D eigenvalue weighted by Crippen LogP contribution is -2.34. The highest BCUT2D eigenvalue weighted by molar-refractivity contribution is 5.94. The number of hydroxylamine groups is 1. The number of pyridine rings is 1. The van der Waals surface area contributed by atoms with Gasteiger partial charge in [0.15, 0.2) is 17.3 Å². The number of aromatic nitrogens is 1. The van der Waals surface area contributed by atoms with Crippen molar-refractivity contribution in [1.82, 2.24) is 10.3 Å². The highest BCUT2D eigenvalue weighted by Gasteiger charge is 2.20. The van der Waals surface area contributed by atoms with Crippen LogP contribution in [0.5, 0.6) is 11.5 Å². The highest BCUT2D eigenvalue weighted by atomic mass is 16.7. The van der Waals surface area contributed by atoms with Crippen LogP contribution in [0.15, 0.2) is 42.6 Å². The summed E-state index contributed by atoms with van der Waals surface area (Å²) in [5.41, 5.74) is 0.530. The Morgan fingerprint density at radius 3 is 2.85 bits per heavy atom. The van der Waals surface area contributed by atoms with Crippen LogP contribution in [-0.2, 0) is 4.84 Å². The van der Waals surface area contributed by atoms with E-state index in [0.29, 0.717) is 31.7 Å². The van der Waals surface area contributed by atoms with Crippen molar-refractivity contribution in [3.63, 3.8) is 0 Å². The summed E-state index contributed by atoms with van der Waals surface area (Å²) in [7, 11) is 0. The van der Waals surface area contributed by atoms with E-state index < -0.39 is 0 Å². The van der Waals surface area contributed by atoms with Crippen molar-refractivity contribution in [3.05, 3.63) is 48.2 Å². The second kappa shape index (κ2) is 8.26. The molecule has 0 radical (unpaired) electrons. The number of carbonyl (C=O) groups is 1. The monoisotopic (exact) mass is 369 g/mol. The van der Waals surface area contributed by atoms with Crippen LogP contribution in [0.2, 0.25) is 0 Å². The minimum Gasteiger partial charge on any atom is -0.486 e. The van der Waals surface area contributed by atoms with E-state index in [1.807, 2.05) is 30.3 Å². The Morgan fingerprint density at radius 2 is 2.07 bits per heavy atom. The summed E-state index contributed by atoms with van der Waals surface area (Å²) in [5.74, 6) is 2.10. The van der Waals surface area contributed by atoms with Crippen molar-refractivity contribution < 1.29 is 19.1 Å². The second-order valence-electron chi connectivity index (χ2n) is 6.59. The lowest BCUT2D eigenvalue weighted by Gasteiger charge is -2.27. The van der Waals surface area contributed by atoms with Crippen LogP contribution >= 0.6 is 0 Å². The van der Waals surface area contributed by atoms with Crippen LogP contribution in [0.4, 0.5) is 5.82 Å². The molecule has 0 saturated carbocycles. The van der Waals surface area contributed by atoms with Crippen LogP contribution in [-0.4, -0.2) is 43.3 Å². The zero-order valence-corrected chi connectivity index (χ0v) is 15.1. The average molecular weight is 369 g/mol. The topological polar surface area (TPSA) is 72.9 Å². The maximum absolute atomic E-state index is 12.3. The van der Waals surface area contributed by atoms with Gasteiger partial charge in [-0.3, -0.25) is 9.63 Å². The quantitative estimate of drug-likeness (QED) is 0.873. The minimum atomic E-state index is -0.147. The van der Waals surface area contributed by atoms with Gasteiger partial charge >= 0.3 is 0 Å². The Morgan fingerprint density at radius 1 is 1.19 bits per heavy atom. The van der Waals surface area contributed by atoms with Crippen molar-refractivity contribution in [3.8, 4) is 11.5 Å². The zero-order chi connectivity index (χ0) is 18.5. The molecular weight excluding hydrogens is 346 g/mol. The van der Waals surface area contributed by atoms with Gasteiger partial charge in [-0.25, -0.2) is 10.0 Å². The average Bonchev–Trinajstić information content (AvgIpc) is 2.74. The number of nitrogens with zero attached hydrogens (tertiary/aromatic N) is 2. The van der Waals surface area contributed by atoms with Crippen LogP contribution in [0.25, 0.3) is 0 Å². The number of benzene rings is 1. The van der Waals surface area contributed by atoms with Crippen molar-refractivity contribution in [2.75, 3.05) is 31.4 Å². The molecule has 1 saturated heterocycles. The van der Waals surface area contributed by atoms with Gasteiger partial charge in [-0.2, -0.15) is 0 Å². The fraction of sp³-hybridized carbons (Fsp3) is 0.400. The highest BCUT2D eigenvalue weighted by Crippen LogP contribution is 2.31. The predicted octanol–water partition coefficient (Wildman–Crippen LogP) is 2.57. The third kappa shape index (κ3) is 4.31. The van der Waals surface area contributed by atoms with E-state index in [0.717, 1.165) is 36.7 Å². The Kier molecular flexibility index (Phi) is 5.39. The van der Waals surface area contributed by atoms with E-state index in [1.165, 1.54) is 0 Å². The lowest BCUT2D eigenvalue weighted by atomic mass is 10.2. The molecule has 27 heavy (non-hydrogen) atoms. The van der Waals surface area contributed by atoms with Gasteiger partial charge in [0.05, 0.1) is 12.2 Å². The van der Waals surface area contributed by atoms with Crippen LogP contribution in [0.1, 0.15) is 29.6 Å². The smallest absolute Gasteiger partial charge is 0.252 e. The first kappa shape index (κ1) is 17.6. The second-order valence-corrected chi connectivity index (χ2v) is 6.59. The molecule has 0 aliphatic carbocycles. The normalized spacial score (nSPS) is 18.8. The summed E-state index contributed by atoms with van der Waals surface area (Å²) < 4.78 is 11.6. The molecule has 2 aliphatic rings. The molecule has 1 fully saturated rings. The van der Waals surface area contributed by atoms with E-state index in [-0.39, 0.29) is 12.0 Å². The fourth-order valence-electron chi connectivity index (χ4n) is 3.10. The van der Waals surface area contributed by atoms with Crippen molar-refractivity contribution >= 4 is 11.7 Å². The Labute approximate surface area is 158 Å². The SMILES string of the molecule is O=C(NCCC1COc2ccccc2O1)c1ccc(N2CCCCO2)nc1. The molecule has 0 spiro atoms. The molecule has 1 atom stereocenters. The number of hydrogen-bond acceptors (Lipinski definition) is 6. The van der Waals surface area contributed by atoms with Gasteiger partial charge in [0.25, 0.3) is 5.91 Å². The van der Waals surface area contributed by atoms with Gasteiger partial charge in [0, 0.05) is 25.7 Å². The van der Waals surface area contributed by atoms with Gasteiger partial charge in [-0.05, 0) is 37.1 Å². The predicted molar refractivity (Wildman–Crippen MR) is 100 cm³/mol. The number of para-hydroxylation sites is 2. The van der Waals surface area contributed by atoms with Crippen molar-refractivity contribution in [2.45, 2.75) is 25.4 Å². The number of fused-ring (bicyclic) bond motifs is 1. The molecule has 0 bridgehead atoms. The van der Waals surface area contributed by atoms with Crippen LogP contribution in [0.3, 0.4) is 0 Å². The summed E-state index contributed by atoms with van der Waals surface area (Å²) in [5, 5.41) is 4.69. The number of anilines is 1. The number of ether oxygens (including phenoxy) is 2. The van der Waals surface area contributed by atoms with E-state index in [4.69, 9.17) is 14.3 Å². The van der Waals surface area contributed by atoms with Crippen molar-refractivity contribution in [1.29, 1.82) is 0 Å². The number of carbonyl (C=O) groups excluding carboxylic acids is 1. The molecule has 142 valence electrons. The molecule has 4 rings (SSSR count). The van der Waals surface area contributed by atoms with Gasteiger partial charge in [0.1, 0.15) is 12.7 Å². The molecule has 7 nitrogen and oxygen atoms in total. The Balaban J connectivity index is 1.25. The van der Waals surface area contributed by atoms with Crippen LogP contribution in [0, 0.1) is 0 Å². The van der Waals surface area contributed by atoms with E-state index in [9.17, 15) is 4.79 Å². The molecule has 1 unspecified atom stereocenters. The summed E-state index contributed by atoms with van der Waals surface area (Å²) in [6, 6.07) is 11.2. The molecular formula is C20H23N3O4. The van der Waals surface area contributed by atoms with Crippen molar-refractivity contribution in [2.24, 2.45) is 0 Å². The molecule has 7 heteroatoms. The van der Waals surface area contributed by atoms with Gasteiger partial charge in [0.2, 0.25) is 0 Å². The van der Waals surface area contributed by atoms with E-state index in [2.05, 4.69) is 10.3 Å². The number of nitrogens with one attached hydrogen (secondary N) is 1. The van der Waals surface area contributed by atoms with E-state index >= 15 is 0 Å². The fourth-order valence-corrected chi connectivity index (χ4v) is 3.10. The first-order valence-corrected chi connectivity index (χ1v) is 9.33. The maximum Gasteiger partial charge on any atom is 0.252 e. The van der Waals surface area contributed by atoms with Gasteiger partial charge in [-0.15, -0.1) is 0 Å². The molecule has 2 aliphatic heterocycles. The molecule has 1 amide bonds. The summed E-state index contributed by atoms with van der Waals surface area (Å²) in [4.78, 5) is 22.2. The summed E-state index contributed by atoms with van der Waals surface area (Å²) in [6.07, 6.45) is 4.34. The summed E-state index contributed by atoms with van der Waals surface area (Å²) >= 11 is 0. The first-order valence-electron chi connectivity index (χ1n) is 9.33. The molecule has 1 aromatic heterocycles.